The van der Waals surface area contributed by atoms with Gasteiger partial charge in [0.2, 0.25) is 0 Å². The molecule has 12 heteroatoms. The second kappa shape index (κ2) is 8.64. The van der Waals surface area contributed by atoms with E-state index in [1.165, 1.54) is 31.4 Å². The molecule has 3 aromatic heterocycles. The van der Waals surface area contributed by atoms with Crippen LogP contribution in [0.25, 0.3) is 10.6 Å². The Kier molecular flexibility index (Phi) is 6.36. The van der Waals surface area contributed by atoms with Gasteiger partial charge in [0.05, 0.1) is 33.7 Å². The van der Waals surface area contributed by atoms with Crippen LogP contribution in [0.1, 0.15) is 35.0 Å². The van der Waals surface area contributed by atoms with E-state index in [1.54, 1.807) is 11.3 Å². The molecule has 1 unspecified atom stereocenters. The Morgan fingerprint density at radius 3 is 2.40 bits per heavy atom. The highest BCUT2D eigenvalue weighted by Gasteiger charge is 2.42. The number of nitrogens with one attached hydrogen (secondary N) is 2. The van der Waals surface area contributed by atoms with Gasteiger partial charge in [-0.15, -0.1) is 22.7 Å². The topological polar surface area (TPSA) is 92.7 Å². The van der Waals surface area contributed by atoms with E-state index < -0.39 is 24.0 Å². The summed E-state index contributed by atoms with van der Waals surface area (Å²) in [5.41, 5.74) is 1.50. The summed E-state index contributed by atoms with van der Waals surface area (Å²) in [4.78, 5) is 30.0. The van der Waals surface area contributed by atoms with Gasteiger partial charge >= 0.3 is 6.18 Å². The first-order chi connectivity index (χ1) is 14.0. The molecule has 0 bridgehead atoms. The summed E-state index contributed by atoms with van der Waals surface area (Å²) in [7, 11) is 0. The van der Waals surface area contributed by atoms with E-state index in [4.69, 9.17) is 0 Å². The molecule has 1 amide bonds. The molecule has 0 aliphatic carbocycles. The number of hydrogen-bond donors (Lipinski definition) is 2. The smallest absolute Gasteiger partial charge is 0.339 e. The molecule has 2 N–H and O–H groups in total. The molecule has 1 atom stereocenters. The molecule has 0 aliphatic heterocycles. The average molecular weight is 457 g/mol. The van der Waals surface area contributed by atoms with E-state index >= 15 is 0 Å². The number of halogens is 3. The van der Waals surface area contributed by atoms with Crippen LogP contribution in [0.4, 0.5) is 24.1 Å². The molecule has 3 rings (SSSR count). The number of thiazole rings is 2. The summed E-state index contributed by atoms with van der Waals surface area (Å²) < 4.78 is 39.1. The van der Waals surface area contributed by atoms with Crippen molar-refractivity contribution in [2.45, 2.75) is 39.9 Å². The number of aromatic nitrogens is 4. The third kappa shape index (κ3) is 5.11. The van der Waals surface area contributed by atoms with E-state index in [-0.39, 0.29) is 5.69 Å². The van der Waals surface area contributed by atoms with Gasteiger partial charge in [-0.3, -0.25) is 4.79 Å². The zero-order chi connectivity index (χ0) is 22.1. The Labute approximate surface area is 178 Å². The standard InChI is InChI=1S/C18H19F3N6OS2/c1-8(2)15(18(19,20)21)27-16(28)11-5-23-13(6-22-11)26-17-25-12(7-29-17)14-9(3)24-10(4)30-14/h5-8,15H,1-4H3,(H,27,28)(H,23,25,26). The van der Waals surface area contributed by atoms with Crippen LogP contribution in [0.3, 0.4) is 0 Å². The Morgan fingerprint density at radius 1 is 1.13 bits per heavy atom. The van der Waals surface area contributed by atoms with Crippen LogP contribution in [0.15, 0.2) is 17.8 Å². The second-order valence-corrected chi connectivity index (χ2v) is 8.90. The van der Waals surface area contributed by atoms with Crippen LogP contribution in [0, 0.1) is 19.8 Å². The first kappa shape index (κ1) is 22.1. The molecule has 30 heavy (non-hydrogen) atoms. The number of anilines is 2. The second-order valence-electron chi connectivity index (χ2n) is 6.83. The average Bonchev–Trinajstić information content (AvgIpc) is 3.24. The van der Waals surface area contributed by atoms with Crippen LogP contribution in [-0.2, 0) is 0 Å². The predicted molar refractivity (Wildman–Crippen MR) is 110 cm³/mol. The molecule has 0 spiro atoms. The van der Waals surface area contributed by atoms with Crippen molar-refractivity contribution >= 4 is 39.5 Å². The van der Waals surface area contributed by atoms with Gasteiger partial charge in [0, 0.05) is 5.38 Å². The summed E-state index contributed by atoms with van der Waals surface area (Å²) in [5.74, 6) is -1.42. The zero-order valence-electron chi connectivity index (χ0n) is 16.5. The Hall–Kier alpha value is -2.60. The minimum Gasteiger partial charge on any atom is -0.339 e. The highest BCUT2D eigenvalue weighted by Crippen LogP contribution is 2.32. The maximum atomic E-state index is 13.0. The van der Waals surface area contributed by atoms with Gasteiger partial charge in [0.1, 0.15) is 11.7 Å². The van der Waals surface area contributed by atoms with Crippen LogP contribution in [0.2, 0.25) is 0 Å². The monoisotopic (exact) mass is 456 g/mol. The van der Waals surface area contributed by atoms with Crippen molar-refractivity contribution in [3.05, 3.63) is 34.2 Å². The third-order valence-electron chi connectivity index (χ3n) is 4.07. The predicted octanol–water partition coefficient (Wildman–Crippen LogP) is 4.73. The first-order valence-corrected chi connectivity index (χ1v) is 10.6. The number of nitrogens with zero attached hydrogens (tertiary/aromatic N) is 4. The molecule has 0 radical (unpaired) electrons. The quantitative estimate of drug-likeness (QED) is 0.557. The van der Waals surface area contributed by atoms with Crippen LogP contribution >= 0.6 is 22.7 Å². The molecule has 0 aromatic carbocycles. The minimum absolute atomic E-state index is 0.203. The number of carbonyl (C=O) groups excluding carboxylic acids is 1. The molecule has 0 saturated heterocycles. The lowest BCUT2D eigenvalue weighted by molar-refractivity contribution is -0.162. The molecule has 3 aromatic rings. The van der Waals surface area contributed by atoms with Crippen molar-refractivity contribution in [2.24, 2.45) is 5.92 Å². The highest BCUT2D eigenvalue weighted by molar-refractivity contribution is 7.16. The van der Waals surface area contributed by atoms with Gasteiger partial charge in [-0.1, -0.05) is 13.8 Å². The maximum absolute atomic E-state index is 13.0. The van der Waals surface area contributed by atoms with Crippen LogP contribution in [-0.4, -0.2) is 38.1 Å². The fourth-order valence-corrected chi connectivity index (χ4v) is 4.33. The molecule has 0 saturated carbocycles. The molecular weight excluding hydrogens is 437 g/mol. The maximum Gasteiger partial charge on any atom is 0.408 e. The van der Waals surface area contributed by atoms with Gasteiger partial charge in [0.25, 0.3) is 5.91 Å². The largest absolute Gasteiger partial charge is 0.408 e. The van der Waals surface area contributed by atoms with E-state index in [0.29, 0.717) is 10.9 Å². The fraction of sp³-hybridized carbons (Fsp3) is 0.389. The number of alkyl halides is 3. The van der Waals surface area contributed by atoms with Gasteiger partial charge < -0.3 is 10.6 Å². The van der Waals surface area contributed by atoms with Gasteiger partial charge in [-0.25, -0.2) is 19.9 Å². The number of carbonyl (C=O) groups is 1. The summed E-state index contributed by atoms with van der Waals surface area (Å²) in [6, 6.07) is -1.96. The zero-order valence-corrected chi connectivity index (χ0v) is 18.2. The Balaban J connectivity index is 1.68. The summed E-state index contributed by atoms with van der Waals surface area (Å²) in [6.07, 6.45) is -2.15. The van der Waals surface area contributed by atoms with E-state index in [2.05, 4.69) is 25.3 Å². The molecule has 160 valence electrons. The molecular formula is C18H19F3N6OS2. The molecule has 3 heterocycles. The SMILES string of the molecule is Cc1nc(C)c(-c2csc(Nc3cnc(C(=O)NC(C(C)C)C(F)(F)F)cn3)n2)s1. The van der Waals surface area contributed by atoms with Crippen LogP contribution in [0.5, 0.6) is 0 Å². The summed E-state index contributed by atoms with van der Waals surface area (Å²) in [6.45, 7) is 6.62. The molecule has 0 aliphatic rings. The summed E-state index contributed by atoms with van der Waals surface area (Å²) in [5, 5.41) is 8.36. The number of amides is 1. The Morgan fingerprint density at radius 2 is 1.87 bits per heavy atom. The highest BCUT2D eigenvalue weighted by atomic mass is 32.1. The fourth-order valence-electron chi connectivity index (χ4n) is 2.67. The van der Waals surface area contributed by atoms with Gasteiger partial charge in [-0.05, 0) is 19.8 Å². The van der Waals surface area contributed by atoms with E-state index in [9.17, 15) is 18.0 Å². The van der Waals surface area contributed by atoms with Gasteiger partial charge in [0.15, 0.2) is 10.9 Å². The third-order valence-corrected chi connectivity index (χ3v) is 5.92. The summed E-state index contributed by atoms with van der Waals surface area (Å²) >= 11 is 2.92. The molecule has 0 fully saturated rings. The van der Waals surface area contributed by atoms with E-state index in [1.807, 2.05) is 24.5 Å². The minimum atomic E-state index is -4.55. The Bertz CT molecular complexity index is 1030. The van der Waals surface area contributed by atoms with Crippen molar-refractivity contribution in [3.63, 3.8) is 0 Å². The molecule has 7 nitrogen and oxygen atoms in total. The number of hydrogen-bond acceptors (Lipinski definition) is 8. The van der Waals surface area contributed by atoms with Gasteiger partial charge in [-0.2, -0.15) is 13.2 Å². The van der Waals surface area contributed by atoms with Crippen molar-refractivity contribution < 1.29 is 18.0 Å². The van der Waals surface area contributed by atoms with Crippen molar-refractivity contribution in [1.82, 2.24) is 25.3 Å². The normalized spacial score (nSPS) is 12.8. The van der Waals surface area contributed by atoms with Crippen molar-refractivity contribution in [1.29, 1.82) is 0 Å². The van der Waals surface area contributed by atoms with Crippen LogP contribution < -0.4 is 10.6 Å². The van der Waals surface area contributed by atoms with Crippen molar-refractivity contribution in [3.8, 4) is 10.6 Å². The van der Waals surface area contributed by atoms with E-state index in [0.717, 1.165) is 27.5 Å². The lowest BCUT2D eigenvalue weighted by Crippen LogP contribution is -2.48. The van der Waals surface area contributed by atoms with Crippen molar-refractivity contribution in [2.75, 3.05) is 5.32 Å². The lowest BCUT2D eigenvalue weighted by Gasteiger charge is -2.24. The first-order valence-electron chi connectivity index (χ1n) is 8.91. The number of aryl methyl sites for hydroxylation is 2. The number of rotatable bonds is 6. The lowest BCUT2D eigenvalue weighted by atomic mass is 10.0.